The maximum atomic E-state index is 4.65. The minimum Gasteiger partial charge on any atom is -0.264 e. The summed E-state index contributed by atoms with van der Waals surface area (Å²) in [4.78, 5) is 9.30. The lowest BCUT2D eigenvalue weighted by atomic mass is 9.89. The Morgan fingerprint density at radius 1 is 0.462 bits per heavy atom. The molecule has 0 atom stereocenters. The molecule has 0 saturated carbocycles. The zero-order valence-electron chi connectivity index (χ0n) is 22.7. The van der Waals surface area contributed by atoms with E-state index in [9.17, 15) is 0 Å². The second-order valence-corrected chi connectivity index (χ2v) is 15.7. The molecule has 0 saturated heterocycles. The topological polar surface area (TPSA) is 25.8 Å². The van der Waals surface area contributed by atoms with Gasteiger partial charge in [-0.25, -0.2) is 0 Å². The summed E-state index contributed by atoms with van der Waals surface area (Å²) in [6, 6.07) is 41.7. The van der Waals surface area contributed by atoms with Gasteiger partial charge in [-0.05, 0) is 66.2 Å². The molecule has 0 spiro atoms. The van der Waals surface area contributed by atoms with Crippen molar-refractivity contribution in [1.29, 1.82) is 0 Å². The van der Waals surface area contributed by atoms with Gasteiger partial charge in [-0.3, -0.25) is 9.97 Å². The molecule has 3 aromatic carbocycles. The molecule has 0 N–H and O–H groups in total. The molecule has 3 heteroatoms. The van der Waals surface area contributed by atoms with Crippen LogP contribution in [0.3, 0.4) is 0 Å². The van der Waals surface area contributed by atoms with Crippen LogP contribution in [-0.2, 0) is 0 Å². The molecule has 0 radical (unpaired) electrons. The molecule has 0 bridgehead atoms. The standard InChI is InChI=1S/C36H32N2Si/c1-36(2,3)39(31-21-11-6-12-22-31)34(29-19-13-23-37-25-29)32(27-15-7-4-8-16-27)33(28-17-9-5-10-18-28)35(39)30-20-14-24-38-26-30/h4-26H,1-3H3. The van der Waals surface area contributed by atoms with Crippen molar-refractivity contribution in [3.63, 3.8) is 0 Å². The van der Waals surface area contributed by atoms with Crippen LogP contribution in [0.4, 0.5) is 0 Å². The Hall–Kier alpha value is -4.34. The van der Waals surface area contributed by atoms with E-state index in [-0.39, 0.29) is 5.04 Å². The minimum absolute atomic E-state index is 0.0821. The van der Waals surface area contributed by atoms with Crippen molar-refractivity contribution in [1.82, 2.24) is 9.97 Å². The van der Waals surface area contributed by atoms with Crippen LogP contribution in [0.1, 0.15) is 43.0 Å². The SMILES string of the molecule is CC(C)(C)[Si]1(c2ccccc2)C(c2cccnc2)=C(c2ccccc2)C(c2ccccc2)=C1c1cccnc1. The molecule has 3 heterocycles. The highest BCUT2D eigenvalue weighted by Gasteiger charge is 2.58. The highest BCUT2D eigenvalue weighted by molar-refractivity contribution is 7.23. The van der Waals surface area contributed by atoms with Gasteiger partial charge in [-0.1, -0.05) is 124 Å². The Morgan fingerprint density at radius 2 is 0.846 bits per heavy atom. The Bertz CT molecular complexity index is 1540. The predicted molar refractivity (Wildman–Crippen MR) is 167 cm³/mol. The van der Waals surface area contributed by atoms with Crippen molar-refractivity contribution in [2.24, 2.45) is 0 Å². The van der Waals surface area contributed by atoms with Crippen LogP contribution in [0.5, 0.6) is 0 Å². The maximum absolute atomic E-state index is 4.65. The van der Waals surface area contributed by atoms with E-state index in [1.54, 1.807) is 0 Å². The molecule has 0 fully saturated rings. The lowest BCUT2D eigenvalue weighted by Gasteiger charge is -2.45. The van der Waals surface area contributed by atoms with E-state index in [4.69, 9.17) is 0 Å². The Kier molecular flexibility index (Phi) is 6.46. The van der Waals surface area contributed by atoms with Crippen LogP contribution in [0.2, 0.25) is 5.04 Å². The molecule has 1 aliphatic heterocycles. The molecule has 2 nitrogen and oxygen atoms in total. The van der Waals surface area contributed by atoms with E-state index in [1.165, 1.54) is 49.0 Å². The number of rotatable bonds is 5. The lowest BCUT2D eigenvalue weighted by molar-refractivity contribution is 0.741. The van der Waals surface area contributed by atoms with Gasteiger partial charge in [0.25, 0.3) is 0 Å². The first-order valence-corrected chi connectivity index (χ1v) is 15.5. The van der Waals surface area contributed by atoms with Gasteiger partial charge in [-0.2, -0.15) is 0 Å². The Morgan fingerprint density at radius 3 is 1.21 bits per heavy atom. The molecule has 2 aromatic heterocycles. The largest absolute Gasteiger partial charge is 0.264 e. The summed E-state index contributed by atoms with van der Waals surface area (Å²) in [5.41, 5.74) is 7.44. The van der Waals surface area contributed by atoms with Crippen LogP contribution in [-0.4, -0.2) is 18.0 Å². The molecule has 1 aliphatic rings. The third-order valence-corrected chi connectivity index (χ3v) is 13.9. The fourth-order valence-corrected chi connectivity index (χ4v) is 12.8. The predicted octanol–water partition coefficient (Wildman–Crippen LogP) is 8.25. The van der Waals surface area contributed by atoms with Gasteiger partial charge in [-0.15, -0.1) is 0 Å². The third kappa shape index (κ3) is 4.10. The van der Waals surface area contributed by atoms with Gasteiger partial charge >= 0.3 is 0 Å². The van der Waals surface area contributed by atoms with E-state index in [0.717, 1.165) is 0 Å². The van der Waals surface area contributed by atoms with Crippen molar-refractivity contribution in [2.45, 2.75) is 25.8 Å². The minimum atomic E-state index is -2.76. The molecule has 190 valence electrons. The van der Waals surface area contributed by atoms with E-state index in [2.05, 4.69) is 158 Å². The summed E-state index contributed by atoms with van der Waals surface area (Å²) in [5, 5.41) is 4.15. The van der Waals surface area contributed by atoms with Crippen molar-refractivity contribution >= 4 is 34.8 Å². The van der Waals surface area contributed by atoms with Gasteiger partial charge in [0.2, 0.25) is 0 Å². The average molecular weight is 521 g/mol. The molecule has 39 heavy (non-hydrogen) atoms. The van der Waals surface area contributed by atoms with E-state index in [1.807, 2.05) is 12.4 Å². The summed E-state index contributed by atoms with van der Waals surface area (Å²) in [6.07, 6.45) is 7.86. The van der Waals surface area contributed by atoms with Crippen molar-refractivity contribution in [2.75, 3.05) is 0 Å². The van der Waals surface area contributed by atoms with Crippen molar-refractivity contribution < 1.29 is 0 Å². The van der Waals surface area contributed by atoms with Gasteiger partial charge in [0.15, 0.2) is 8.07 Å². The zero-order chi connectivity index (χ0) is 26.9. The fourth-order valence-electron chi connectivity index (χ4n) is 6.44. The van der Waals surface area contributed by atoms with Gasteiger partial charge in [0.05, 0.1) is 0 Å². The van der Waals surface area contributed by atoms with Crippen LogP contribution in [0.25, 0.3) is 21.5 Å². The number of allylic oxidation sites excluding steroid dienone is 2. The molecular weight excluding hydrogens is 488 g/mol. The van der Waals surface area contributed by atoms with E-state index in [0.29, 0.717) is 0 Å². The number of hydrogen-bond donors (Lipinski definition) is 0. The number of benzene rings is 3. The van der Waals surface area contributed by atoms with Gasteiger partial charge in [0, 0.05) is 24.8 Å². The summed E-state index contributed by atoms with van der Waals surface area (Å²) in [5.74, 6) is 0. The Balaban J connectivity index is 1.91. The van der Waals surface area contributed by atoms with Gasteiger partial charge < -0.3 is 0 Å². The average Bonchev–Trinajstić information content (AvgIpc) is 3.33. The highest BCUT2D eigenvalue weighted by Crippen LogP contribution is 2.62. The first-order chi connectivity index (χ1) is 19.0. The number of hydrogen-bond acceptors (Lipinski definition) is 2. The zero-order valence-corrected chi connectivity index (χ0v) is 23.7. The fraction of sp³-hybridized carbons (Fsp3) is 0.111. The van der Waals surface area contributed by atoms with Gasteiger partial charge in [0.1, 0.15) is 0 Å². The lowest BCUT2D eigenvalue weighted by Crippen LogP contribution is -2.56. The normalized spacial score (nSPS) is 15.1. The third-order valence-electron chi connectivity index (χ3n) is 7.86. The van der Waals surface area contributed by atoms with E-state index >= 15 is 0 Å². The smallest absolute Gasteiger partial charge is 0.156 e. The highest BCUT2D eigenvalue weighted by atomic mass is 28.3. The maximum Gasteiger partial charge on any atom is 0.156 e. The second kappa shape index (κ2) is 10.1. The summed E-state index contributed by atoms with van der Waals surface area (Å²) in [7, 11) is -2.76. The first kappa shape index (κ1) is 25.0. The summed E-state index contributed by atoms with van der Waals surface area (Å²) in [6.45, 7) is 7.28. The molecule has 6 rings (SSSR count). The summed E-state index contributed by atoms with van der Waals surface area (Å²) >= 11 is 0. The Labute approximate surface area is 232 Å². The quantitative estimate of drug-likeness (QED) is 0.218. The number of nitrogens with zero attached hydrogens (tertiary/aromatic N) is 2. The van der Waals surface area contributed by atoms with Crippen LogP contribution < -0.4 is 5.19 Å². The number of pyridine rings is 2. The summed E-state index contributed by atoms with van der Waals surface area (Å²) < 4.78 is 0. The monoisotopic (exact) mass is 520 g/mol. The van der Waals surface area contributed by atoms with Crippen LogP contribution in [0, 0.1) is 0 Å². The molecule has 5 aromatic rings. The van der Waals surface area contributed by atoms with Crippen molar-refractivity contribution in [3.05, 3.63) is 162 Å². The molecule has 0 aliphatic carbocycles. The molecule has 0 unspecified atom stereocenters. The van der Waals surface area contributed by atoms with Crippen molar-refractivity contribution in [3.8, 4) is 0 Å². The second-order valence-electron chi connectivity index (χ2n) is 11.1. The van der Waals surface area contributed by atoms with Crippen LogP contribution >= 0.6 is 0 Å². The molecular formula is C36H32N2Si. The first-order valence-electron chi connectivity index (χ1n) is 13.5. The molecule has 0 amide bonds. The van der Waals surface area contributed by atoms with E-state index < -0.39 is 8.07 Å². The number of aromatic nitrogens is 2. The van der Waals surface area contributed by atoms with Crippen LogP contribution in [0.15, 0.2) is 140 Å².